The smallest absolute Gasteiger partial charge is 0.264 e. The van der Waals surface area contributed by atoms with Gasteiger partial charge in [0.25, 0.3) is 15.9 Å². The van der Waals surface area contributed by atoms with Crippen LogP contribution in [0.3, 0.4) is 0 Å². The van der Waals surface area contributed by atoms with Gasteiger partial charge >= 0.3 is 0 Å². The van der Waals surface area contributed by atoms with Crippen molar-refractivity contribution in [1.82, 2.24) is 0 Å². The second-order valence-corrected chi connectivity index (χ2v) is 8.20. The van der Waals surface area contributed by atoms with E-state index in [1.165, 1.54) is 17.5 Å². The van der Waals surface area contributed by atoms with Crippen LogP contribution in [0.4, 0.5) is 11.4 Å². The molecule has 6 nitrogen and oxygen atoms in total. The zero-order valence-electron chi connectivity index (χ0n) is 16.5. The Hall–Kier alpha value is -3.58. The Balaban J connectivity index is 1.85. The molecule has 0 unspecified atom stereocenters. The van der Waals surface area contributed by atoms with Gasteiger partial charge in [0.1, 0.15) is 5.75 Å². The summed E-state index contributed by atoms with van der Waals surface area (Å²) in [6.07, 6.45) is 1.52. The van der Waals surface area contributed by atoms with Gasteiger partial charge in [0, 0.05) is 5.56 Å². The lowest BCUT2D eigenvalue weighted by Crippen LogP contribution is -2.31. The number of anilines is 2. The van der Waals surface area contributed by atoms with E-state index >= 15 is 0 Å². The normalized spacial score (nSPS) is 10.8. The summed E-state index contributed by atoms with van der Waals surface area (Å²) in [5.74, 6) is 0.223. The molecule has 0 bridgehead atoms. The van der Waals surface area contributed by atoms with Crippen molar-refractivity contribution < 1.29 is 17.9 Å². The first-order valence-electron chi connectivity index (χ1n) is 9.20. The number of benzene rings is 3. The molecular weight excluding hydrogens is 400 g/mol. The Bertz CT molecular complexity index is 1130. The second kappa shape index (κ2) is 9.28. The van der Waals surface area contributed by atoms with Gasteiger partial charge in [-0.15, -0.1) is 6.58 Å². The minimum absolute atomic E-state index is 0.101. The lowest BCUT2D eigenvalue weighted by atomic mass is 10.2. The second-order valence-electron chi connectivity index (χ2n) is 6.34. The Labute approximate surface area is 176 Å². The van der Waals surface area contributed by atoms with E-state index in [2.05, 4.69) is 11.9 Å². The molecule has 154 valence electrons. The minimum Gasteiger partial charge on any atom is -0.495 e. The number of nitrogens with zero attached hydrogens (tertiary/aromatic N) is 1. The van der Waals surface area contributed by atoms with Crippen molar-refractivity contribution in [2.24, 2.45) is 0 Å². The molecule has 30 heavy (non-hydrogen) atoms. The van der Waals surface area contributed by atoms with Crippen molar-refractivity contribution in [3.8, 4) is 5.75 Å². The van der Waals surface area contributed by atoms with Gasteiger partial charge in [-0.2, -0.15) is 0 Å². The maximum Gasteiger partial charge on any atom is 0.264 e. The molecule has 0 spiro atoms. The standard InChI is InChI=1S/C23H22N2O4S/c1-3-17-25(30(27,28)20-9-5-4-6-10-20)19-15-13-18(14-16-19)23(26)24-21-11-7-8-12-22(21)29-2/h3-16H,1,17H2,2H3,(H,24,26). The molecular formula is C23H22N2O4S. The van der Waals surface area contributed by atoms with Crippen LogP contribution in [-0.2, 0) is 10.0 Å². The van der Waals surface area contributed by atoms with Crippen molar-refractivity contribution in [1.29, 1.82) is 0 Å². The number of carbonyl (C=O) groups excluding carboxylic acids is 1. The number of amides is 1. The minimum atomic E-state index is -3.76. The van der Waals surface area contributed by atoms with E-state index in [1.807, 2.05) is 6.07 Å². The summed E-state index contributed by atoms with van der Waals surface area (Å²) in [5, 5.41) is 2.80. The third-order valence-corrected chi connectivity index (χ3v) is 6.21. The van der Waals surface area contributed by atoms with Gasteiger partial charge in [-0.3, -0.25) is 9.10 Å². The molecule has 0 atom stereocenters. The Morgan fingerprint density at radius 2 is 1.63 bits per heavy atom. The summed E-state index contributed by atoms with van der Waals surface area (Å²) in [6, 6.07) is 21.6. The zero-order chi connectivity index (χ0) is 21.6. The molecule has 0 saturated heterocycles. The average Bonchev–Trinajstić information content (AvgIpc) is 2.78. The van der Waals surface area contributed by atoms with Gasteiger partial charge in [-0.25, -0.2) is 8.42 Å². The van der Waals surface area contributed by atoms with Crippen LogP contribution in [0.15, 0.2) is 96.4 Å². The number of ether oxygens (including phenoxy) is 1. The third-order valence-electron chi connectivity index (χ3n) is 4.40. The molecule has 0 aliphatic rings. The summed E-state index contributed by atoms with van der Waals surface area (Å²) in [5.41, 5.74) is 1.38. The van der Waals surface area contributed by atoms with E-state index in [-0.39, 0.29) is 17.3 Å². The Morgan fingerprint density at radius 3 is 2.27 bits per heavy atom. The molecule has 0 aliphatic carbocycles. The van der Waals surface area contributed by atoms with Gasteiger partial charge < -0.3 is 10.1 Å². The SMILES string of the molecule is C=CCN(c1ccc(C(=O)Nc2ccccc2OC)cc1)S(=O)(=O)c1ccccc1. The molecule has 3 rings (SSSR count). The number of methoxy groups -OCH3 is 1. The maximum atomic E-state index is 13.0. The van der Waals surface area contributed by atoms with Gasteiger partial charge in [0.2, 0.25) is 0 Å². The van der Waals surface area contributed by atoms with Crippen LogP contribution in [0.25, 0.3) is 0 Å². The summed E-state index contributed by atoms with van der Waals surface area (Å²) >= 11 is 0. The number of carbonyl (C=O) groups is 1. The van der Waals surface area contributed by atoms with Crippen LogP contribution < -0.4 is 14.4 Å². The lowest BCUT2D eigenvalue weighted by Gasteiger charge is -2.23. The van der Waals surface area contributed by atoms with Crippen molar-refractivity contribution in [2.45, 2.75) is 4.90 Å². The zero-order valence-corrected chi connectivity index (χ0v) is 17.3. The first kappa shape index (κ1) is 21.1. The van der Waals surface area contributed by atoms with Crippen LogP contribution in [0.2, 0.25) is 0 Å². The fourth-order valence-corrected chi connectivity index (χ4v) is 4.36. The number of hydrogen-bond acceptors (Lipinski definition) is 4. The molecule has 0 radical (unpaired) electrons. The highest BCUT2D eigenvalue weighted by molar-refractivity contribution is 7.92. The number of rotatable bonds is 8. The van der Waals surface area contributed by atoms with E-state index in [9.17, 15) is 13.2 Å². The lowest BCUT2D eigenvalue weighted by molar-refractivity contribution is 0.102. The largest absolute Gasteiger partial charge is 0.495 e. The van der Waals surface area contributed by atoms with Crippen molar-refractivity contribution in [2.75, 3.05) is 23.3 Å². The monoisotopic (exact) mass is 422 g/mol. The molecule has 3 aromatic rings. The number of sulfonamides is 1. The van der Waals surface area contributed by atoms with E-state index in [4.69, 9.17) is 4.74 Å². The fourth-order valence-electron chi connectivity index (χ4n) is 2.90. The topological polar surface area (TPSA) is 75.7 Å². The predicted octanol–water partition coefficient (Wildman–Crippen LogP) is 4.33. The van der Waals surface area contributed by atoms with E-state index in [0.29, 0.717) is 22.7 Å². The van der Waals surface area contributed by atoms with Gasteiger partial charge in [0.15, 0.2) is 0 Å². The highest BCUT2D eigenvalue weighted by atomic mass is 32.2. The predicted molar refractivity (Wildman–Crippen MR) is 119 cm³/mol. The van der Waals surface area contributed by atoms with Crippen LogP contribution >= 0.6 is 0 Å². The van der Waals surface area contributed by atoms with Crippen LogP contribution in [0.1, 0.15) is 10.4 Å². The molecule has 0 saturated carbocycles. The average molecular weight is 423 g/mol. The molecule has 1 amide bonds. The van der Waals surface area contributed by atoms with Crippen molar-refractivity contribution in [3.05, 3.63) is 97.1 Å². The highest BCUT2D eigenvalue weighted by Gasteiger charge is 2.24. The quantitative estimate of drug-likeness (QED) is 0.548. The van der Waals surface area contributed by atoms with Gasteiger partial charge in [-0.05, 0) is 48.5 Å². The number of nitrogens with one attached hydrogen (secondary N) is 1. The molecule has 3 aromatic carbocycles. The Morgan fingerprint density at radius 1 is 1.00 bits per heavy atom. The fraction of sp³-hybridized carbons (Fsp3) is 0.0870. The Kier molecular flexibility index (Phi) is 6.54. The molecule has 0 heterocycles. The van der Waals surface area contributed by atoms with Crippen molar-refractivity contribution in [3.63, 3.8) is 0 Å². The molecule has 0 aromatic heterocycles. The highest BCUT2D eigenvalue weighted by Crippen LogP contribution is 2.26. The van der Waals surface area contributed by atoms with Gasteiger partial charge in [-0.1, -0.05) is 36.4 Å². The van der Waals surface area contributed by atoms with E-state index < -0.39 is 10.0 Å². The molecule has 1 N–H and O–H groups in total. The first-order chi connectivity index (χ1) is 14.5. The third kappa shape index (κ3) is 4.52. The van der Waals surface area contributed by atoms with Crippen LogP contribution in [-0.4, -0.2) is 28.0 Å². The van der Waals surface area contributed by atoms with Gasteiger partial charge in [0.05, 0.1) is 29.9 Å². The molecule has 0 fully saturated rings. The molecule has 7 heteroatoms. The van der Waals surface area contributed by atoms with E-state index in [0.717, 1.165) is 0 Å². The summed E-state index contributed by atoms with van der Waals surface area (Å²) in [6.45, 7) is 3.76. The first-order valence-corrected chi connectivity index (χ1v) is 10.6. The maximum absolute atomic E-state index is 13.0. The van der Waals surface area contributed by atoms with Crippen molar-refractivity contribution >= 4 is 27.3 Å². The molecule has 0 aliphatic heterocycles. The summed E-state index contributed by atoms with van der Waals surface area (Å²) in [7, 11) is -2.23. The summed E-state index contributed by atoms with van der Waals surface area (Å²) in [4.78, 5) is 12.8. The van der Waals surface area contributed by atoms with Crippen LogP contribution in [0.5, 0.6) is 5.75 Å². The number of hydrogen-bond donors (Lipinski definition) is 1. The summed E-state index contributed by atoms with van der Waals surface area (Å²) < 4.78 is 32.6. The van der Waals surface area contributed by atoms with E-state index in [1.54, 1.807) is 72.8 Å². The van der Waals surface area contributed by atoms with Crippen LogP contribution in [0, 0.1) is 0 Å². The number of para-hydroxylation sites is 2.